The molecule has 0 fully saturated rings. The molecule has 0 saturated heterocycles. The molecule has 1 amide bonds. The second-order valence-corrected chi connectivity index (χ2v) is 5.08. The summed E-state index contributed by atoms with van der Waals surface area (Å²) < 4.78 is 1.90. The Morgan fingerprint density at radius 2 is 2.32 bits per heavy atom. The van der Waals surface area contributed by atoms with Gasteiger partial charge in [0.1, 0.15) is 5.65 Å². The molecule has 0 spiro atoms. The number of thiazole rings is 1. The van der Waals surface area contributed by atoms with Gasteiger partial charge in [-0.1, -0.05) is 6.07 Å². The number of imidazole rings is 1. The minimum Gasteiger partial charge on any atom is -0.307 e. The zero-order chi connectivity index (χ0) is 13.2. The Balaban J connectivity index is 1.72. The van der Waals surface area contributed by atoms with Crippen LogP contribution in [-0.2, 0) is 11.2 Å². The first-order valence-corrected chi connectivity index (χ1v) is 6.73. The van der Waals surface area contributed by atoms with Crippen molar-refractivity contribution in [1.82, 2.24) is 14.4 Å². The van der Waals surface area contributed by atoms with E-state index in [1.54, 1.807) is 0 Å². The molecule has 3 heterocycles. The smallest absolute Gasteiger partial charge is 0.232 e. The maximum absolute atomic E-state index is 11.9. The first-order valence-electron chi connectivity index (χ1n) is 5.85. The molecule has 0 aliphatic heterocycles. The highest BCUT2D eigenvalue weighted by Crippen LogP contribution is 2.14. The summed E-state index contributed by atoms with van der Waals surface area (Å²) in [5, 5.41) is 5.31. The lowest BCUT2D eigenvalue weighted by Gasteiger charge is -1.98. The number of hydrogen-bond donors (Lipinski definition) is 1. The number of pyridine rings is 1. The van der Waals surface area contributed by atoms with Crippen LogP contribution in [0.1, 0.15) is 11.4 Å². The molecule has 3 rings (SSSR count). The van der Waals surface area contributed by atoms with E-state index < -0.39 is 0 Å². The number of aromatic nitrogens is 3. The number of nitrogens with zero attached hydrogens (tertiary/aromatic N) is 3. The van der Waals surface area contributed by atoms with Crippen LogP contribution in [0.5, 0.6) is 0 Å². The minimum atomic E-state index is -0.0993. The van der Waals surface area contributed by atoms with Gasteiger partial charge in [-0.25, -0.2) is 9.97 Å². The number of aryl methyl sites for hydroxylation is 1. The molecule has 3 aromatic heterocycles. The lowest BCUT2D eigenvalue weighted by molar-refractivity contribution is -0.115. The third-order valence-corrected chi connectivity index (χ3v) is 3.50. The molecule has 0 bridgehead atoms. The van der Waals surface area contributed by atoms with E-state index in [0.717, 1.165) is 17.0 Å². The van der Waals surface area contributed by atoms with Gasteiger partial charge in [-0.2, -0.15) is 0 Å². The maximum atomic E-state index is 11.9. The van der Waals surface area contributed by atoms with Crippen molar-refractivity contribution in [3.8, 4) is 0 Å². The van der Waals surface area contributed by atoms with Crippen LogP contribution < -0.4 is 5.32 Å². The average Bonchev–Trinajstić information content (AvgIpc) is 2.94. The van der Waals surface area contributed by atoms with E-state index in [1.807, 2.05) is 47.3 Å². The Bertz CT molecular complexity index is 698. The second-order valence-electron chi connectivity index (χ2n) is 4.22. The Hall–Kier alpha value is -2.21. The second kappa shape index (κ2) is 4.81. The Kier molecular flexibility index (Phi) is 3.00. The number of anilines is 1. The van der Waals surface area contributed by atoms with Crippen LogP contribution in [0.3, 0.4) is 0 Å². The summed E-state index contributed by atoms with van der Waals surface area (Å²) in [5.41, 5.74) is 2.50. The number of amides is 1. The predicted molar refractivity (Wildman–Crippen MR) is 74.4 cm³/mol. The lowest BCUT2D eigenvalue weighted by atomic mass is 10.3. The summed E-state index contributed by atoms with van der Waals surface area (Å²) in [6, 6.07) is 5.76. The van der Waals surface area contributed by atoms with Crippen LogP contribution in [0.2, 0.25) is 0 Å². The number of fused-ring (bicyclic) bond motifs is 1. The fraction of sp³-hybridized carbons (Fsp3) is 0.154. The SMILES string of the molecule is Cc1csc(NC(=O)Cc2cn3ccccc3n2)n1. The van der Waals surface area contributed by atoms with Crippen molar-refractivity contribution in [1.29, 1.82) is 0 Å². The highest BCUT2D eigenvalue weighted by Gasteiger charge is 2.09. The highest BCUT2D eigenvalue weighted by molar-refractivity contribution is 7.13. The number of nitrogens with one attached hydrogen (secondary N) is 1. The third-order valence-electron chi connectivity index (χ3n) is 2.62. The quantitative estimate of drug-likeness (QED) is 0.795. The highest BCUT2D eigenvalue weighted by atomic mass is 32.1. The van der Waals surface area contributed by atoms with Gasteiger partial charge >= 0.3 is 0 Å². The van der Waals surface area contributed by atoms with Crippen LogP contribution in [0.4, 0.5) is 5.13 Å². The predicted octanol–water partition coefficient (Wildman–Crippen LogP) is 2.28. The van der Waals surface area contributed by atoms with E-state index in [4.69, 9.17) is 0 Å². The van der Waals surface area contributed by atoms with Crippen molar-refractivity contribution in [2.75, 3.05) is 5.32 Å². The van der Waals surface area contributed by atoms with Crippen molar-refractivity contribution in [3.63, 3.8) is 0 Å². The zero-order valence-corrected chi connectivity index (χ0v) is 11.1. The summed E-state index contributed by atoms with van der Waals surface area (Å²) in [7, 11) is 0. The Morgan fingerprint density at radius 3 is 3.05 bits per heavy atom. The van der Waals surface area contributed by atoms with Gasteiger partial charge in [0.2, 0.25) is 5.91 Å². The largest absolute Gasteiger partial charge is 0.307 e. The number of rotatable bonds is 3. The molecule has 3 aromatic rings. The molecule has 0 aromatic carbocycles. The van der Waals surface area contributed by atoms with Crippen LogP contribution in [0.15, 0.2) is 36.0 Å². The van der Waals surface area contributed by atoms with Crippen molar-refractivity contribution in [2.45, 2.75) is 13.3 Å². The first kappa shape index (κ1) is 11.9. The molecule has 0 aliphatic rings. The molecule has 6 heteroatoms. The summed E-state index contributed by atoms with van der Waals surface area (Å²) >= 11 is 1.42. The van der Waals surface area contributed by atoms with Gasteiger partial charge in [0, 0.05) is 17.8 Å². The van der Waals surface area contributed by atoms with Gasteiger partial charge in [-0.15, -0.1) is 11.3 Å². The zero-order valence-electron chi connectivity index (χ0n) is 10.3. The number of hydrogen-bond acceptors (Lipinski definition) is 4. The normalized spacial score (nSPS) is 10.8. The molecule has 0 saturated carbocycles. The first-order chi connectivity index (χ1) is 9.20. The molecule has 96 valence electrons. The van der Waals surface area contributed by atoms with Crippen LogP contribution in [-0.4, -0.2) is 20.3 Å². The number of carbonyl (C=O) groups is 1. The van der Waals surface area contributed by atoms with E-state index in [-0.39, 0.29) is 12.3 Å². The summed E-state index contributed by atoms with van der Waals surface area (Å²) in [4.78, 5) is 20.5. The standard InChI is InChI=1S/C13H12N4OS/c1-9-8-19-13(14-9)16-12(18)6-10-7-17-5-3-2-4-11(17)15-10/h2-5,7-8H,6H2,1H3,(H,14,16,18). The minimum absolute atomic E-state index is 0.0993. The molecule has 0 atom stereocenters. The van der Waals surface area contributed by atoms with Crippen molar-refractivity contribution < 1.29 is 4.79 Å². The molecule has 0 unspecified atom stereocenters. The van der Waals surface area contributed by atoms with Gasteiger partial charge in [-0.05, 0) is 19.1 Å². The monoisotopic (exact) mass is 272 g/mol. The van der Waals surface area contributed by atoms with Gasteiger partial charge in [0.15, 0.2) is 5.13 Å². The Labute approximate surface area is 113 Å². The molecular formula is C13H12N4OS. The van der Waals surface area contributed by atoms with Crippen molar-refractivity contribution in [3.05, 3.63) is 47.4 Å². The number of carbonyl (C=O) groups excluding carboxylic acids is 1. The topological polar surface area (TPSA) is 59.3 Å². The van der Waals surface area contributed by atoms with Gasteiger partial charge < -0.3 is 9.72 Å². The molecule has 5 nitrogen and oxygen atoms in total. The van der Waals surface area contributed by atoms with E-state index in [9.17, 15) is 4.79 Å². The van der Waals surface area contributed by atoms with E-state index in [1.165, 1.54) is 11.3 Å². The van der Waals surface area contributed by atoms with E-state index >= 15 is 0 Å². The van der Waals surface area contributed by atoms with E-state index in [0.29, 0.717) is 5.13 Å². The molecule has 0 radical (unpaired) electrons. The molecule has 19 heavy (non-hydrogen) atoms. The van der Waals surface area contributed by atoms with Gasteiger partial charge in [-0.3, -0.25) is 4.79 Å². The van der Waals surface area contributed by atoms with E-state index in [2.05, 4.69) is 15.3 Å². The summed E-state index contributed by atoms with van der Waals surface area (Å²) in [6.07, 6.45) is 4.02. The average molecular weight is 272 g/mol. The van der Waals surface area contributed by atoms with Crippen LogP contribution in [0, 0.1) is 6.92 Å². The molecule has 0 aliphatic carbocycles. The molecule has 1 N–H and O–H groups in total. The lowest BCUT2D eigenvalue weighted by Crippen LogP contribution is -2.14. The van der Waals surface area contributed by atoms with Gasteiger partial charge in [0.05, 0.1) is 17.8 Å². The fourth-order valence-electron chi connectivity index (χ4n) is 1.81. The summed E-state index contributed by atoms with van der Waals surface area (Å²) in [5.74, 6) is -0.0993. The van der Waals surface area contributed by atoms with Crippen LogP contribution >= 0.6 is 11.3 Å². The van der Waals surface area contributed by atoms with Crippen molar-refractivity contribution in [2.24, 2.45) is 0 Å². The third kappa shape index (κ3) is 2.63. The maximum Gasteiger partial charge on any atom is 0.232 e. The summed E-state index contributed by atoms with van der Waals surface area (Å²) in [6.45, 7) is 1.90. The Morgan fingerprint density at radius 1 is 1.42 bits per heavy atom. The van der Waals surface area contributed by atoms with Crippen LogP contribution in [0.25, 0.3) is 5.65 Å². The molecular weight excluding hydrogens is 260 g/mol. The van der Waals surface area contributed by atoms with Gasteiger partial charge in [0.25, 0.3) is 0 Å². The van der Waals surface area contributed by atoms with Crippen molar-refractivity contribution >= 4 is 28.0 Å². The fourth-order valence-corrected chi connectivity index (χ4v) is 2.52.